The van der Waals surface area contributed by atoms with Gasteiger partial charge in [-0.25, -0.2) is 8.78 Å². The summed E-state index contributed by atoms with van der Waals surface area (Å²) in [6.07, 6.45) is -2.44. The van der Waals surface area contributed by atoms with Crippen molar-refractivity contribution in [1.82, 2.24) is 4.90 Å². The highest BCUT2D eigenvalue weighted by Crippen LogP contribution is 2.30. The second kappa shape index (κ2) is 5.81. The highest BCUT2D eigenvalue weighted by Gasteiger charge is 2.52. The Morgan fingerprint density at radius 1 is 1.30 bits per heavy atom. The lowest BCUT2D eigenvalue weighted by molar-refractivity contribution is -0.181. The third-order valence-electron chi connectivity index (χ3n) is 3.51. The van der Waals surface area contributed by atoms with E-state index in [2.05, 4.69) is 0 Å². The zero-order chi connectivity index (χ0) is 14.8. The van der Waals surface area contributed by atoms with Gasteiger partial charge in [-0.3, -0.25) is 4.79 Å². The van der Waals surface area contributed by atoms with Crippen LogP contribution in [0.3, 0.4) is 0 Å². The molecule has 0 spiro atoms. The zero-order valence-electron chi connectivity index (χ0n) is 10.7. The van der Waals surface area contributed by atoms with Gasteiger partial charge in [0.1, 0.15) is 0 Å². The number of nitrogens with zero attached hydrogens (tertiary/aromatic N) is 1. The first kappa shape index (κ1) is 14.8. The molecule has 1 aliphatic rings. The number of halogens is 4. The van der Waals surface area contributed by atoms with Crippen LogP contribution in [0.2, 0.25) is 0 Å². The Kier molecular flexibility index (Phi) is 4.30. The van der Waals surface area contributed by atoms with Gasteiger partial charge in [0.15, 0.2) is 0 Å². The molecule has 1 atom stereocenters. The Hall–Kier alpha value is -1.59. The molecule has 0 aliphatic carbocycles. The van der Waals surface area contributed by atoms with E-state index in [4.69, 9.17) is 0 Å². The van der Waals surface area contributed by atoms with E-state index >= 15 is 0 Å². The van der Waals surface area contributed by atoms with Gasteiger partial charge < -0.3 is 4.90 Å². The van der Waals surface area contributed by atoms with E-state index in [1.165, 1.54) is 0 Å². The number of carbonyl (C=O) groups excluding carboxylic acids is 1. The van der Waals surface area contributed by atoms with Crippen molar-refractivity contribution in [3.05, 3.63) is 35.9 Å². The fourth-order valence-electron chi connectivity index (χ4n) is 2.49. The maximum atomic E-state index is 13.2. The molecular weight excluding hydrogens is 274 g/mol. The van der Waals surface area contributed by atoms with Gasteiger partial charge in [0, 0.05) is 12.6 Å². The molecule has 20 heavy (non-hydrogen) atoms. The summed E-state index contributed by atoms with van der Waals surface area (Å²) in [6.45, 7) is 0.110. The molecule has 1 heterocycles. The van der Waals surface area contributed by atoms with E-state index in [0.29, 0.717) is 19.3 Å². The van der Waals surface area contributed by atoms with Gasteiger partial charge in [-0.05, 0) is 24.8 Å². The fourth-order valence-corrected chi connectivity index (χ4v) is 2.49. The molecule has 2 nitrogen and oxygen atoms in total. The van der Waals surface area contributed by atoms with Crippen LogP contribution in [0.25, 0.3) is 0 Å². The molecule has 1 unspecified atom stereocenters. The molecule has 0 aromatic heterocycles. The minimum absolute atomic E-state index is 0.110. The molecule has 0 saturated carbocycles. The van der Waals surface area contributed by atoms with Crippen LogP contribution in [0, 0.1) is 0 Å². The van der Waals surface area contributed by atoms with Crippen LogP contribution in [-0.4, -0.2) is 35.7 Å². The van der Waals surface area contributed by atoms with Crippen molar-refractivity contribution >= 4 is 5.91 Å². The number of amides is 1. The van der Waals surface area contributed by atoms with Crippen molar-refractivity contribution in [3.8, 4) is 0 Å². The van der Waals surface area contributed by atoms with Crippen molar-refractivity contribution in [2.75, 3.05) is 6.54 Å². The van der Waals surface area contributed by atoms with E-state index in [-0.39, 0.29) is 6.54 Å². The van der Waals surface area contributed by atoms with Crippen molar-refractivity contribution in [2.24, 2.45) is 0 Å². The van der Waals surface area contributed by atoms with Crippen LogP contribution < -0.4 is 0 Å². The summed E-state index contributed by atoms with van der Waals surface area (Å²) < 4.78 is 50.9. The molecule has 110 valence electrons. The SMILES string of the molecule is O=C(N1CCCC1Cc1ccccc1)C(F)(F)C(F)F. The van der Waals surface area contributed by atoms with Crippen molar-refractivity contribution in [1.29, 1.82) is 0 Å². The molecule has 1 saturated heterocycles. The highest BCUT2D eigenvalue weighted by molar-refractivity contribution is 5.84. The molecule has 1 aromatic carbocycles. The van der Waals surface area contributed by atoms with E-state index < -0.39 is 24.3 Å². The first-order chi connectivity index (χ1) is 9.43. The number of carbonyl (C=O) groups is 1. The average Bonchev–Trinajstić information content (AvgIpc) is 2.86. The molecule has 0 radical (unpaired) electrons. The predicted molar refractivity (Wildman–Crippen MR) is 65.8 cm³/mol. The monoisotopic (exact) mass is 289 g/mol. The molecular formula is C14H15F4NO. The Bertz CT molecular complexity index is 464. The number of hydrogen-bond acceptors (Lipinski definition) is 1. The summed E-state index contributed by atoms with van der Waals surface area (Å²) in [4.78, 5) is 12.5. The number of alkyl halides is 4. The van der Waals surface area contributed by atoms with Crippen LogP contribution in [0.15, 0.2) is 30.3 Å². The molecule has 6 heteroatoms. The zero-order valence-corrected chi connectivity index (χ0v) is 10.7. The van der Waals surface area contributed by atoms with Crippen molar-refractivity contribution < 1.29 is 22.4 Å². The minimum Gasteiger partial charge on any atom is -0.334 e. The lowest BCUT2D eigenvalue weighted by atomic mass is 10.0. The van der Waals surface area contributed by atoms with E-state index in [1.807, 2.05) is 30.3 Å². The van der Waals surface area contributed by atoms with Crippen LogP contribution in [0.4, 0.5) is 17.6 Å². The maximum Gasteiger partial charge on any atom is 0.383 e. The largest absolute Gasteiger partial charge is 0.383 e. The van der Waals surface area contributed by atoms with Gasteiger partial charge in [0.2, 0.25) is 0 Å². The normalized spacial score (nSPS) is 19.6. The van der Waals surface area contributed by atoms with Crippen LogP contribution in [0.5, 0.6) is 0 Å². The van der Waals surface area contributed by atoms with Gasteiger partial charge in [-0.2, -0.15) is 8.78 Å². The van der Waals surface area contributed by atoms with E-state index in [1.54, 1.807) is 0 Å². The maximum absolute atomic E-state index is 13.2. The molecule has 1 aliphatic heterocycles. The third-order valence-corrected chi connectivity index (χ3v) is 3.51. The predicted octanol–water partition coefficient (Wildman–Crippen LogP) is 3.12. The lowest BCUT2D eigenvalue weighted by Crippen LogP contribution is -2.50. The minimum atomic E-state index is -4.60. The number of rotatable bonds is 4. The summed E-state index contributed by atoms with van der Waals surface area (Å²) in [7, 11) is 0. The van der Waals surface area contributed by atoms with Gasteiger partial charge in [-0.1, -0.05) is 30.3 Å². The number of hydrogen-bond donors (Lipinski definition) is 0. The first-order valence-electron chi connectivity index (χ1n) is 6.44. The Labute approximate surface area is 114 Å². The lowest BCUT2D eigenvalue weighted by Gasteiger charge is -2.28. The standard InChI is InChI=1S/C14H15F4NO/c15-12(16)14(17,18)13(20)19-8-4-7-11(19)9-10-5-2-1-3-6-10/h1-3,5-6,11-12H,4,7-9H2. The second-order valence-corrected chi connectivity index (χ2v) is 4.91. The highest BCUT2D eigenvalue weighted by atomic mass is 19.3. The van der Waals surface area contributed by atoms with Crippen LogP contribution in [-0.2, 0) is 11.2 Å². The molecule has 0 N–H and O–H groups in total. The van der Waals surface area contributed by atoms with Crippen LogP contribution in [0.1, 0.15) is 18.4 Å². The Morgan fingerprint density at radius 3 is 2.55 bits per heavy atom. The molecule has 0 bridgehead atoms. The Balaban J connectivity index is 2.10. The van der Waals surface area contributed by atoms with Crippen molar-refractivity contribution in [3.63, 3.8) is 0 Å². The summed E-state index contributed by atoms with van der Waals surface area (Å²) in [5, 5.41) is 0. The first-order valence-corrected chi connectivity index (χ1v) is 6.44. The van der Waals surface area contributed by atoms with E-state index in [0.717, 1.165) is 10.5 Å². The molecule has 1 amide bonds. The molecule has 1 fully saturated rings. The van der Waals surface area contributed by atoms with Gasteiger partial charge >= 0.3 is 12.3 Å². The summed E-state index contributed by atoms with van der Waals surface area (Å²) >= 11 is 0. The average molecular weight is 289 g/mol. The topological polar surface area (TPSA) is 20.3 Å². The number of likely N-dealkylation sites (tertiary alicyclic amines) is 1. The number of benzene rings is 1. The van der Waals surface area contributed by atoms with Gasteiger partial charge in [0.25, 0.3) is 5.91 Å². The molecule has 1 aromatic rings. The van der Waals surface area contributed by atoms with Gasteiger partial charge in [0.05, 0.1) is 0 Å². The van der Waals surface area contributed by atoms with Crippen molar-refractivity contribution in [2.45, 2.75) is 37.7 Å². The quantitative estimate of drug-likeness (QED) is 0.780. The second-order valence-electron chi connectivity index (χ2n) is 4.91. The van der Waals surface area contributed by atoms with Crippen LogP contribution >= 0.6 is 0 Å². The van der Waals surface area contributed by atoms with Gasteiger partial charge in [-0.15, -0.1) is 0 Å². The van der Waals surface area contributed by atoms with E-state index in [9.17, 15) is 22.4 Å². The summed E-state index contributed by atoms with van der Waals surface area (Å²) in [6, 6.07) is 8.66. The fraction of sp³-hybridized carbons (Fsp3) is 0.500. The summed E-state index contributed by atoms with van der Waals surface area (Å²) in [5.41, 5.74) is 0.901. The third kappa shape index (κ3) is 2.94. The summed E-state index contributed by atoms with van der Waals surface area (Å²) in [5.74, 6) is -6.36. The Morgan fingerprint density at radius 2 is 1.95 bits per heavy atom. The molecule has 2 rings (SSSR count). The smallest absolute Gasteiger partial charge is 0.334 e.